The van der Waals surface area contributed by atoms with Gasteiger partial charge in [-0.25, -0.2) is 4.39 Å². The van der Waals surface area contributed by atoms with Crippen LogP contribution in [0.1, 0.15) is 22.7 Å². The minimum absolute atomic E-state index is 0.232. The van der Waals surface area contributed by atoms with Crippen LogP contribution in [0.3, 0.4) is 0 Å². The Bertz CT molecular complexity index is 976. The molecule has 0 aromatic heterocycles. The summed E-state index contributed by atoms with van der Waals surface area (Å²) >= 11 is 0. The van der Waals surface area contributed by atoms with E-state index in [-0.39, 0.29) is 5.82 Å². The average molecular weight is 371 g/mol. The van der Waals surface area contributed by atoms with Gasteiger partial charge in [0.25, 0.3) is 0 Å². The molecule has 3 aromatic rings. The molecule has 3 nitrogen and oxygen atoms in total. The predicted molar refractivity (Wildman–Crippen MR) is 111 cm³/mol. The number of halogens is 1. The summed E-state index contributed by atoms with van der Waals surface area (Å²) in [4.78, 5) is 2.54. The number of hydrogen-bond acceptors (Lipinski definition) is 3. The summed E-state index contributed by atoms with van der Waals surface area (Å²) in [5.74, 6) is -0.232. The lowest BCUT2D eigenvalue weighted by Crippen LogP contribution is -2.45. The Morgan fingerprint density at radius 2 is 1.32 bits per heavy atom. The molecule has 0 radical (unpaired) electrons. The Hall–Kier alpha value is -2.98. The first-order valence-corrected chi connectivity index (χ1v) is 9.77. The number of rotatable bonds is 3. The van der Waals surface area contributed by atoms with Crippen molar-refractivity contribution in [1.29, 1.82) is 0 Å². The van der Waals surface area contributed by atoms with E-state index >= 15 is 0 Å². The van der Waals surface area contributed by atoms with Crippen LogP contribution in [0, 0.1) is 5.82 Å². The zero-order valence-electron chi connectivity index (χ0n) is 15.6. The maximum Gasteiger partial charge on any atom is 0.132 e. The third-order valence-corrected chi connectivity index (χ3v) is 5.72. The second-order valence-corrected chi connectivity index (χ2v) is 7.33. The highest BCUT2D eigenvalue weighted by atomic mass is 19.1. The van der Waals surface area contributed by atoms with Crippen LogP contribution in [-0.4, -0.2) is 42.3 Å². The minimum atomic E-state index is -0.232. The van der Waals surface area contributed by atoms with Crippen LogP contribution in [0.25, 0.3) is 11.1 Å². The molecular weight excluding hydrogens is 349 g/mol. The lowest BCUT2D eigenvalue weighted by molar-refractivity contribution is 0.114. The van der Waals surface area contributed by atoms with Gasteiger partial charge in [-0.1, -0.05) is 66.7 Å². The van der Waals surface area contributed by atoms with Crippen molar-refractivity contribution < 1.29 is 4.39 Å². The van der Waals surface area contributed by atoms with Gasteiger partial charge in [0.2, 0.25) is 0 Å². The summed E-state index contributed by atoms with van der Waals surface area (Å²) < 4.78 is 13.8. The molecule has 0 unspecified atom stereocenters. The highest BCUT2D eigenvalue weighted by molar-refractivity contribution is 5.80. The molecule has 1 fully saturated rings. The molecule has 0 bridgehead atoms. The fourth-order valence-electron chi connectivity index (χ4n) is 4.33. The minimum Gasteiger partial charge on any atom is -0.294 e. The van der Waals surface area contributed by atoms with Crippen molar-refractivity contribution in [3.05, 3.63) is 95.3 Å². The molecule has 1 aliphatic carbocycles. The SMILES string of the molecule is Fc1ccccc1C=NN1CCN(C2c3ccccc3-c3ccccc32)CC1. The van der Waals surface area contributed by atoms with Crippen molar-refractivity contribution >= 4 is 6.21 Å². The number of piperazine rings is 1. The Balaban J connectivity index is 1.33. The van der Waals surface area contributed by atoms with E-state index < -0.39 is 0 Å². The molecule has 2 aliphatic rings. The largest absolute Gasteiger partial charge is 0.294 e. The van der Waals surface area contributed by atoms with Gasteiger partial charge in [0.15, 0.2) is 0 Å². The lowest BCUT2D eigenvalue weighted by atomic mass is 10.0. The van der Waals surface area contributed by atoms with Gasteiger partial charge < -0.3 is 0 Å². The van der Waals surface area contributed by atoms with Crippen molar-refractivity contribution in [2.75, 3.05) is 26.2 Å². The number of fused-ring (bicyclic) bond motifs is 3. The molecule has 4 heteroatoms. The van der Waals surface area contributed by atoms with E-state index in [1.807, 2.05) is 11.1 Å². The average Bonchev–Trinajstić information content (AvgIpc) is 3.08. The van der Waals surface area contributed by atoms with E-state index in [9.17, 15) is 4.39 Å². The van der Waals surface area contributed by atoms with Gasteiger partial charge in [-0.3, -0.25) is 9.91 Å². The molecule has 0 saturated carbocycles. The molecule has 0 amide bonds. The van der Waals surface area contributed by atoms with Crippen molar-refractivity contribution in [3.63, 3.8) is 0 Å². The van der Waals surface area contributed by atoms with Gasteiger partial charge in [-0.2, -0.15) is 5.10 Å². The van der Waals surface area contributed by atoms with Gasteiger partial charge >= 0.3 is 0 Å². The van der Waals surface area contributed by atoms with E-state index in [0.29, 0.717) is 11.6 Å². The Labute approximate surface area is 164 Å². The first-order chi connectivity index (χ1) is 13.8. The van der Waals surface area contributed by atoms with Crippen LogP contribution in [-0.2, 0) is 0 Å². The van der Waals surface area contributed by atoms with Crippen LogP contribution < -0.4 is 0 Å². The molecule has 140 valence electrons. The van der Waals surface area contributed by atoms with Crippen LogP contribution in [0.4, 0.5) is 4.39 Å². The third-order valence-electron chi connectivity index (χ3n) is 5.72. The number of benzene rings is 3. The summed E-state index contributed by atoms with van der Waals surface area (Å²) in [5.41, 5.74) is 6.02. The fourth-order valence-corrected chi connectivity index (χ4v) is 4.33. The molecular formula is C24H22FN3. The lowest BCUT2D eigenvalue weighted by Gasteiger charge is -2.37. The van der Waals surface area contributed by atoms with Gasteiger partial charge in [0.1, 0.15) is 5.82 Å². The summed E-state index contributed by atoms with van der Waals surface area (Å²) in [6, 6.07) is 24.5. The molecule has 0 spiro atoms. The zero-order chi connectivity index (χ0) is 18.9. The van der Waals surface area contributed by atoms with Crippen LogP contribution in [0.5, 0.6) is 0 Å². The second kappa shape index (κ2) is 7.21. The Kier molecular flexibility index (Phi) is 4.41. The van der Waals surface area contributed by atoms with E-state index in [1.165, 1.54) is 28.3 Å². The summed E-state index contributed by atoms with van der Waals surface area (Å²) in [7, 11) is 0. The van der Waals surface area contributed by atoms with Crippen LogP contribution >= 0.6 is 0 Å². The van der Waals surface area contributed by atoms with Crippen molar-refractivity contribution in [2.24, 2.45) is 5.10 Å². The number of nitrogens with zero attached hydrogens (tertiary/aromatic N) is 3. The molecule has 1 saturated heterocycles. The zero-order valence-corrected chi connectivity index (χ0v) is 15.6. The van der Waals surface area contributed by atoms with E-state index in [2.05, 4.69) is 58.5 Å². The molecule has 0 N–H and O–H groups in total. The second-order valence-electron chi connectivity index (χ2n) is 7.33. The summed E-state index contributed by atoms with van der Waals surface area (Å²) in [6.07, 6.45) is 1.63. The maximum absolute atomic E-state index is 13.8. The van der Waals surface area contributed by atoms with Crippen molar-refractivity contribution in [1.82, 2.24) is 9.91 Å². The van der Waals surface area contributed by atoms with Gasteiger partial charge in [-0.15, -0.1) is 0 Å². The highest BCUT2D eigenvalue weighted by Gasteiger charge is 2.33. The Morgan fingerprint density at radius 3 is 1.96 bits per heavy atom. The molecule has 0 atom stereocenters. The van der Waals surface area contributed by atoms with Crippen LogP contribution in [0.2, 0.25) is 0 Å². The maximum atomic E-state index is 13.8. The third kappa shape index (κ3) is 3.00. The van der Waals surface area contributed by atoms with Crippen molar-refractivity contribution in [2.45, 2.75) is 6.04 Å². The topological polar surface area (TPSA) is 18.8 Å². The quantitative estimate of drug-likeness (QED) is 0.629. The van der Waals surface area contributed by atoms with Gasteiger partial charge in [0, 0.05) is 31.7 Å². The molecule has 5 rings (SSSR count). The first kappa shape index (κ1) is 17.1. The molecule has 1 aliphatic heterocycles. The molecule has 3 aromatic carbocycles. The van der Waals surface area contributed by atoms with Gasteiger partial charge in [-0.05, 0) is 28.3 Å². The van der Waals surface area contributed by atoms with Gasteiger partial charge in [0.05, 0.1) is 12.3 Å². The summed E-state index contributed by atoms with van der Waals surface area (Å²) in [6.45, 7) is 3.54. The Morgan fingerprint density at radius 1 is 0.750 bits per heavy atom. The normalized spacial score (nSPS) is 17.1. The predicted octanol–water partition coefficient (Wildman–Crippen LogP) is 4.55. The fraction of sp³-hybridized carbons (Fsp3) is 0.208. The smallest absolute Gasteiger partial charge is 0.132 e. The molecule has 1 heterocycles. The number of hydrazone groups is 1. The number of hydrogen-bond donors (Lipinski definition) is 0. The standard InChI is InChI=1S/C24H22FN3/c25-23-12-6-1-7-18(23)17-26-28-15-13-27(14-16-28)24-21-10-4-2-8-19(21)20-9-3-5-11-22(20)24/h1-12,17,24H,13-16H2. The van der Waals surface area contributed by atoms with Crippen LogP contribution in [0.15, 0.2) is 77.9 Å². The van der Waals surface area contributed by atoms with E-state index in [0.717, 1.165) is 26.2 Å². The molecule has 28 heavy (non-hydrogen) atoms. The highest BCUT2D eigenvalue weighted by Crippen LogP contribution is 2.46. The first-order valence-electron chi connectivity index (χ1n) is 9.77. The van der Waals surface area contributed by atoms with E-state index in [4.69, 9.17) is 0 Å². The summed E-state index contributed by atoms with van der Waals surface area (Å²) in [5, 5.41) is 6.54. The van der Waals surface area contributed by atoms with E-state index in [1.54, 1.807) is 18.3 Å². The van der Waals surface area contributed by atoms with Crippen molar-refractivity contribution in [3.8, 4) is 11.1 Å². The monoisotopic (exact) mass is 371 g/mol.